The maximum atomic E-state index is 10.6. The second-order valence-corrected chi connectivity index (χ2v) is 8.58. The molecule has 2 saturated heterocycles. The second kappa shape index (κ2) is 12.9. The average molecular weight is 501 g/mol. The average Bonchev–Trinajstić information content (AvgIpc) is 3.24. The van der Waals surface area contributed by atoms with E-state index < -0.39 is 24.3 Å². The summed E-state index contributed by atoms with van der Waals surface area (Å²) in [4.78, 5) is 27.5. The van der Waals surface area contributed by atoms with Crippen LogP contribution in [0.3, 0.4) is 0 Å². The van der Waals surface area contributed by atoms with Crippen molar-refractivity contribution in [2.24, 2.45) is 17.8 Å². The first-order chi connectivity index (χ1) is 15.6. The van der Waals surface area contributed by atoms with Gasteiger partial charge in [0.25, 0.3) is 0 Å². The molecular weight excluding hydrogens is 472 g/mol. The van der Waals surface area contributed by atoms with Gasteiger partial charge < -0.3 is 15.1 Å². The van der Waals surface area contributed by atoms with Crippen LogP contribution >= 0.6 is 0 Å². The van der Waals surface area contributed by atoms with E-state index in [0.717, 1.165) is 24.3 Å². The van der Waals surface area contributed by atoms with Crippen LogP contribution in [0.2, 0.25) is 0 Å². The van der Waals surface area contributed by atoms with Crippen molar-refractivity contribution in [2.45, 2.75) is 39.2 Å². The molecule has 3 rings (SSSR count). The smallest absolute Gasteiger partial charge is 0.475 e. The third kappa shape index (κ3) is 11.1. The number of hydrogen-bond donors (Lipinski definition) is 2. The molecule has 2 aliphatic heterocycles. The number of carboxylic acids is 2. The zero-order chi connectivity index (χ0) is 26.1. The van der Waals surface area contributed by atoms with E-state index in [2.05, 4.69) is 40.8 Å². The lowest BCUT2D eigenvalue weighted by Gasteiger charge is -2.21. The third-order valence-electron chi connectivity index (χ3n) is 5.26. The molecule has 2 N–H and O–H groups in total. The van der Waals surface area contributed by atoms with Gasteiger partial charge in [0.15, 0.2) is 0 Å². The lowest BCUT2D eigenvalue weighted by molar-refractivity contribution is -0.193. The largest absolute Gasteiger partial charge is 0.490 e. The number of likely N-dealkylation sites (tertiary alicyclic amines) is 2. The molecule has 0 bridgehead atoms. The summed E-state index contributed by atoms with van der Waals surface area (Å²) in [5.41, 5.74) is 1.21. The Labute approximate surface area is 193 Å². The predicted molar refractivity (Wildman–Crippen MR) is 110 cm³/mol. The van der Waals surface area contributed by atoms with E-state index in [1.165, 1.54) is 44.8 Å². The molecule has 0 unspecified atom stereocenters. The first-order valence-corrected chi connectivity index (χ1v) is 10.5. The van der Waals surface area contributed by atoms with Gasteiger partial charge in [0.1, 0.15) is 0 Å². The fourth-order valence-corrected chi connectivity index (χ4v) is 3.66. The van der Waals surface area contributed by atoms with Crippen molar-refractivity contribution in [1.29, 1.82) is 0 Å². The van der Waals surface area contributed by atoms with E-state index >= 15 is 0 Å². The van der Waals surface area contributed by atoms with Crippen molar-refractivity contribution in [1.82, 2.24) is 14.8 Å². The number of aliphatic carboxylic acids is 2. The van der Waals surface area contributed by atoms with Crippen molar-refractivity contribution < 1.29 is 46.1 Å². The van der Waals surface area contributed by atoms with Crippen LogP contribution in [-0.4, -0.2) is 82.0 Å². The summed E-state index contributed by atoms with van der Waals surface area (Å²) < 4.78 is 63.5. The lowest BCUT2D eigenvalue weighted by Crippen LogP contribution is -2.29. The molecule has 7 nitrogen and oxygen atoms in total. The molecule has 0 saturated carbocycles. The minimum Gasteiger partial charge on any atom is -0.475 e. The van der Waals surface area contributed by atoms with Gasteiger partial charge in [0, 0.05) is 38.9 Å². The summed E-state index contributed by atoms with van der Waals surface area (Å²) in [7, 11) is 0. The van der Waals surface area contributed by atoms with Gasteiger partial charge in [-0.05, 0) is 42.9 Å². The monoisotopic (exact) mass is 501 g/mol. The maximum absolute atomic E-state index is 10.6. The van der Waals surface area contributed by atoms with Crippen molar-refractivity contribution >= 4 is 11.9 Å². The topological polar surface area (TPSA) is 94.0 Å². The van der Waals surface area contributed by atoms with Gasteiger partial charge >= 0.3 is 24.3 Å². The van der Waals surface area contributed by atoms with Crippen molar-refractivity contribution in [3.05, 3.63) is 30.1 Å². The molecule has 1 aromatic heterocycles. The minimum atomic E-state index is -5.08. The summed E-state index contributed by atoms with van der Waals surface area (Å²) >= 11 is 0. The van der Waals surface area contributed by atoms with Gasteiger partial charge in [-0.3, -0.25) is 9.88 Å². The number of carbonyl (C=O) groups is 2. The molecular formula is C21H29F6N3O4. The molecule has 0 aliphatic carbocycles. The number of nitrogens with zero attached hydrogens (tertiary/aromatic N) is 3. The Bertz CT molecular complexity index is 736. The highest BCUT2D eigenvalue weighted by Crippen LogP contribution is 2.31. The van der Waals surface area contributed by atoms with Crippen LogP contribution in [0, 0.1) is 17.8 Å². The van der Waals surface area contributed by atoms with Crippen LogP contribution in [0.5, 0.6) is 0 Å². The SMILES string of the molecule is CC(C)CCN1C[C@@H]2CN(Cc3ccccn3)C[C@@H]2C1.O=C(O)C(F)(F)F.O=C(O)C(F)(F)F. The molecule has 2 atom stereocenters. The summed E-state index contributed by atoms with van der Waals surface area (Å²) in [5.74, 6) is -2.90. The molecule has 0 aromatic carbocycles. The third-order valence-corrected chi connectivity index (χ3v) is 5.26. The normalized spacial score (nSPS) is 20.7. The van der Waals surface area contributed by atoms with E-state index in [0.29, 0.717) is 0 Å². The Morgan fingerprint density at radius 1 is 0.941 bits per heavy atom. The van der Waals surface area contributed by atoms with E-state index in [9.17, 15) is 26.3 Å². The van der Waals surface area contributed by atoms with Crippen LogP contribution in [0.1, 0.15) is 26.0 Å². The van der Waals surface area contributed by atoms with E-state index in [1.807, 2.05) is 12.3 Å². The minimum absolute atomic E-state index is 0.830. The summed E-state index contributed by atoms with van der Waals surface area (Å²) in [6, 6.07) is 6.23. The first-order valence-electron chi connectivity index (χ1n) is 10.5. The van der Waals surface area contributed by atoms with E-state index in [4.69, 9.17) is 19.8 Å². The second-order valence-electron chi connectivity index (χ2n) is 8.58. The van der Waals surface area contributed by atoms with Gasteiger partial charge in [-0.15, -0.1) is 0 Å². The van der Waals surface area contributed by atoms with Crippen molar-refractivity contribution in [3.63, 3.8) is 0 Å². The molecule has 0 radical (unpaired) electrons. The van der Waals surface area contributed by atoms with Gasteiger partial charge in [-0.1, -0.05) is 19.9 Å². The number of aromatic nitrogens is 1. The van der Waals surface area contributed by atoms with Crippen LogP contribution in [-0.2, 0) is 16.1 Å². The molecule has 2 fully saturated rings. The Kier molecular flexibility index (Phi) is 11.2. The summed E-state index contributed by atoms with van der Waals surface area (Å²) in [6.07, 6.45) is -6.92. The zero-order valence-electron chi connectivity index (χ0n) is 18.8. The number of halogens is 6. The van der Waals surface area contributed by atoms with Crippen molar-refractivity contribution in [3.8, 4) is 0 Å². The highest BCUT2D eigenvalue weighted by Gasteiger charge is 2.40. The van der Waals surface area contributed by atoms with Crippen LogP contribution in [0.15, 0.2) is 24.4 Å². The Hall–Kier alpha value is -2.41. The molecule has 0 amide bonds. The quantitative estimate of drug-likeness (QED) is 0.594. The van der Waals surface area contributed by atoms with Gasteiger partial charge in [-0.2, -0.15) is 26.3 Å². The van der Waals surface area contributed by atoms with Crippen LogP contribution in [0.25, 0.3) is 0 Å². The molecule has 1 aromatic rings. The molecule has 0 spiro atoms. The van der Waals surface area contributed by atoms with E-state index in [1.54, 1.807) is 0 Å². The molecule has 34 heavy (non-hydrogen) atoms. The number of carboxylic acid groups (broad SMARTS) is 2. The summed E-state index contributed by atoms with van der Waals surface area (Å²) in [6.45, 7) is 12.1. The number of fused-ring (bicyclic) bond motifs is 1. The van der Waals surface area contributed by atoms with Crippen LogP contribution < -0.4 is 0 Å². The molecule has 2 aliphatic rings. The number of hydrogen-bond acceptors (Lipinski definition) is 5. The Balaban J connectivity index is 0.000000343. The number of pyridine rings is 1. The maximum Gasteiger partial charge on any atom is 0.490 e. The van der Waals surface area contributed by atoms with Gasteiger partial charge in [-0.25, -0.2) is 9.59 Å². The number of alkyl halides is 6. The Morgan fingerprint density at radius 3 is 1.74 bits per heavy atom. The van der Waals surface area contributed by atoms with Gasteiger partial charge in [0.05, 0.1) is 5.69 Å². The van der Waals surface area contributed by atoms with Crippen LogP contribution in [0.4, 0.5) is 26.3 Å². The predicted octanol–water partition coefficient (Wildman–Crippen LogP) is 3.76. The molecule has 3 heterocycles. The Morgan fingerprint density at radius 2 is 1.38 bits per heavy atom. The number of rotatable bonds is 5. The highest BCUT2D eigenvalue weighted by molar-refractivity contribution is 5.73. The fraction of sp³-hybridized carbons (Fsp3) is 0.667. The summed E-state index contributed by atoms with van der Waals surface area (Å²) in [5, 5.41) is 14.2. The molecule has 13 heteroatoms. The fourth-order valence-electron chi connectivity index (χ4n) is 3.66. The molecule has 194 valence electrons. The van der Waals surface area contributed by atoms with Crippen molar-refractivity contribution in [2.75, 3.05) is 32.7 Å². The standard InChI is InChI=1S/C17H27N3.2C2HF3O2/c1-14(2)6-8-19-9-15-11-20(12-16(15)10-19)13-17-5-3-4-7-18-17;2*3-2(4,5)1(6)7/h3-5,7,14-16H,6,8-13H2,1-2H3;2*(H,6,7)/t15-,16+;;. The van der Waals surface area contributed by atoms with Gasteiger partial charge in [0.2, 0.25) is 0 Å². The highest BCUT2D eigenvalue weighted by atomic mass is 19.4. The first kappa shape index (κ1) is 29.6. The zero-order valence-corrected chi connectivity index (χ0v) is 18.8. The van der Waals surface area contributed by atoms with E-state index in [-0.39, 0.29) is 0 Å². The lowest BCUT2D eigenvalue weighted by atomic mass is 10.0.